The average molecular weight is 299 g/mol. The average Bonchev–Trinajstić information content (AvgIpc) is 2.75. The van der Waals surface area contributed by atoms with Crippen LogP contribution >= 0.6 is 0 Å². The maximum Gasteiger partial charge on any atom is 0.253 e. The quantitative estimate of drug-likeness (QED) is 0.397. The van der Waals surface area contributed by atoms with Gasteiger partial charge in [-0.05, 0) is 12.3 Å². The molecule has 0 aromatic carbocycles. The number of imide groups is 1. The van der Waals surface area contributed by atoms with Gasteiger partial charge in [0, 0.05) is 18.8 Å². The number of hydrogen-bond acceptors (Lipinski definition) is 5. The molecule has 0 unspecified atom stereocenters. The Morgan fingerprint density at radius 2 is 1.33 bits per heavy atom. The van der Waals surface area contributed by atoms with Gasteiger partial charge in [-0.15, -0.1) is 0 Å². The molecule has 6 heteroatoms. The van der Waals surface area contributed by atoms with Gasteiger partial charge in [0.1, 0.15) is 0 Å². The number of rotatable bonds is 12. The zero-order valence-corrected chi connectivity index (χ0v) is 12.9. The summed E-state index contributed by atoms with van der Waals surface area (Å²) >= 11 is 0. The van der Waals surface area contributed by atoms with Crippen LogP contribution in [0.25, 0.3) is 0 Å². The summed E-state index contributed by atoms with van der Waals surface area (Å²) in [4.78, 5) is 23.6. The van der Waals surface area contributed by atoms with E-state index in [0.29, 0.717) is 39.0 Å². The van der Waals surface area contributed by atoms with E-state index in [9.17, 15) is 9.59 Å². The van der Waals surface area contributed by atoms with Gasteiger partial charge in [0.2, 0.25) is 0 Å². The van der Waals surface area contributed by atoms with Crippen LogP contribution in [0.15, 0.2) is 12.2 Å². The van der Waals surface area contributed by atoms with Crippen LogP contribution < -0.4 is 0 Å². The monoisotopic (exact) mass is 299 g/mol. The second kappa shape index (κ2) is 10.5. The van der Waals surface area contributed by atoms with E-state index in [1.165, 1.54) is 12.2 Å². The third-order valence-electron chi connectivity index (χ3n) is 2.94. The molecule has 1 rings (SSSR count). The molecule has 0 spiro atoms. The smallest absolute Gasteiger partial charge is 0.253 e. The third-order valence-corrected chi connectivity index (χ3v) is 2.94. The molecule has 0 radical (unpaired) electrons. The molecule has 21 heavy (non-hydrogen) atoms. The molecule has 0 saturated heterocycles. The van der Waals surface area contributed by atoms with Crippen molar-refractivity contribution < 1.29 is 23.8 Å². The van der Waals surface area contributed by atoms with Crippen LogP contribution in [0, 0.1) is 5.92 Å². The van der Waals surface area contributed by atoms with Crippen LogP contribution in [0.2, 0.25) is 0 Å². The number of hydrogen-bond donors (Lipinski definition) is 0. The highest BCUT2D eigenvalue weighted by Gasteiger charge is 2.22. The van der Waals surface area contributed by atoms with Crippen molar-refractivity contribution in [1.82, 2.24) is 4.90 Å². The van der Waals surface area contributed by atoms with E-state index in [4.69, 9.17) is 14.2 Å². The van der Waals surface area contributed by atoms with E-state index < -0.39 is 0 Å². The first-order valence-electron chi connectivity index (χ1n) is 7.38. The summed E-state index contributed by atoms with van der Waals surface area (Å²) in [6, 6.07) is 0. The van der Waals surface area contributed by atoms with Crippen molar-refractivity contribution >= 4 is 11.8 Å². The standard InChI is InChI=1S/C15H25NO5/c1-13(2)5-7-19-9-11-21-12-10-20-8-6-16-14(17)3-4-15(16)18/h3-4,13H,5-12H2,1-2H3. The zero-order valence-electron chi connectivity index (χ0n) is 12.9. The molecule has 0 aromatic rings. The van der Waals surface area contributed by atoms with Gasteiger partial charge in [-0.2, -0.15) is 0 Å². The maximum atomic E-state index is 11.2. The Hall–Kier alpha value is -1.24. The van der Waals surface area contributed by atoms with Gasteiger partial charge in [0.15, 0.2) is 0 Å². The zero-order chi connectivity index (χ0) is 15.5. The summed E-state index contributed by atoms with van der Waals surface area (Å²) in [5.41, 5.74) is 0. The molecule has 0 N–H and O–H groups in total. The summed E-state index contributed by atoms with van der Waals surface area (Å²) in [5.74, 6) is 0.0979. The van der Waals surface area contributed by atoms with E-state index in [2.05, 4.69) is 13.8 Å². The minimum atomic E-state index is -0.279. The Morgan fingerprint density at radius 1 is 0.857 bits per heavy atom. The van der Waals surface area contributed by atoms with Crippen LogP contribution in [0.1, 0.15) is 20.3 Å². The highest BCUT2D eigenvalue weighted by Crippen LogP contribution is 2.02. The van der Waals surface area contributed by atoms with Gasteiger partial charge >= 0.3 is 0 Å². The SMILES string of the molecule is CC(C)CCOCCOCCOCCN1C(=O)C=CC1=O. The van der Waals surface area contributed by atoms with E-state index in [1.807, 2.05) is 0 Å². The lowest BCUT2D eigenvalue weighted by Crippen LogP contribution is -2.33. The normalized spacial score (nSPS) is 14.7. The summed E-state index contributed by atoms with van der Waals surface area (Å²) in [5, 5.41) is 0. The van der Waals surface area contributed by atoms with Crippen molar-refractivity contribution in [2.75, 3.05) is 46.2 Å². The first-order chi connectivity index (χ1) is 10.1. The topological polar surface area (TPSA) is 65.1 Å². The molecule has 0 atom stereocenters. The molecule has 0 aliphatic carbocycles. The van der Waals surface area contributed by atoms with Crippen LogP contribution in [0.3, 0.4) is 0 Å². The van der Waals surface area contributed by atoms with Gasteiger partial charge in [-0.25, -0.2) is 0 Å². The van der Waals surface area contributed by atoms with Gasteiger partial charge in [-0.1, -0.05) is 13.8 Å². The molecule has 0 fully saturated rings. The lowest BCUT2D eigenvalue weighted by molar-refractivity contribution is -0.137. The van der Waals surface area contributed by atoms with E-state index in [-0.39, 0.29) is 18.4 Å². The molecular weight excluding hydrogens is 274 g/mol. The molecule has 0 saturated carbocycles. The van der Waals surface area contributed by atoms with Gasteiger partial charge < -0.3 is 14.2 Å². The summed E-state index contributed by atoms with van der Waals surface area (Å²) < 4.78 is 16.1. The molecule has 0 aromatic heterocycles. The maximum absolute atomic E-state index is 11.2. The van der Waals surface area contributed by atoms with Gasteiger partial charge in [0.05, 0.1) is 39.6 Å². The van der Waals surface area contributed by atoms with E-state index in [0.717, 1.165) is 17.9 Å². The largest absolute Gasteiger partial charge is 0.379 e. The first-order valence-corrected chi connectivity index (χ1v) is 7.38. The van der Waals surface area contributed by atoms with Crippen molar-refractivity contribution in [2.45, 2.75) is 20.3 Å². The highest BCUT2D eigenvalue weighted by atomic mass is 16.5. The molecule has 1 heterocycles. The molecule has 6 nitrogen and oxygen atoms in total. The predicted molar refractivity (Wildman–Crippen MR) is 77.8 cm³/mol. The van der Waals surface area contributed by atoms with Crippen molar-refractivity contribution in [1.29, 1.82) is 0 Å². The lowest BCUT2D eigenvalue weighted by atomic mass is 10.1. The van der Waals surface area contributed by atoms with E-state index in [1.54, 1.807) is 0 Å². The predicted octanol–water partition coefficient (Wildman–Crippen LogP) is 1.01. The fourth-order valence-electron chi connectivity index (χ4n) is 1.67. The highest BCUT2D eigenvalue weighted by molar-refractivity contribution is 6.12. The Kier molecular flexibility index (Phi) is 8.89. The molecule has 1 aliphatic rings. The molecule has 1 aliphatic heterocycles. The fraction of sp³-hybridized carbons (Fsp3) is 0.733. The lowest BCUT2D eigenvalue weighted by Gasteiger charge is -2.13. The van der Waals surface area contributed by atoms with Crippen LogP contribution in [-0.4, -0.2) is 62.9 Å². The van der Waals surface area contributed by atoms with Gasteiger partial charge in [0.25, 0.3) is 11.8 Å². The third kappa shape index (κ3) is 7.94. The Bertz CT molecular complexity index is 336. The molecule has 2 amide bonds. The van der Waals surface area contributed by atoms with Gasteiger partial charge in [-0.3, -0.25) is 14.5 Å². The summed E-state index contributed by atoms with van der Waals surface area (Å²) in [7, 11) is 0. The Morgan fingerprint density at radius 3 is 1.86 bits per heavy atom. The molecular formula is C15H25NO5. The first kappa shape index (κ1) is 17.8. The van der Waals surface area contributed by atoms with Crippen molar-refractivity contribution in [3.63, 3.8) is 0 Å². The minimum Gasteiger partial charge on any atom is -0.379 e. The minimum absolute atomic E-state index is 0.279. The summed E-state index contributed by atoms with van der Waals surface area (Å²) in [6.45, 7) is 7.76. The van der Waals surface area contributed by atoms with Crippen molar-refractivity contribution in [2.24, 2.45) is 5.92 Å². The van der Waals surface area contributed by atoms with Crippen LogP contribution in [0.4, 0.5) is 0 Å². The Labute approximate surface area is 126 Å². The second-order valence-electron chi connectivity index (χ2n) is 5.18. The van der Waals surface area contributed by atoms with Crippen LogP contribution in [-0.2, 0) is 23.8 Å². The molecule has 120 valence electrons. The number of amides is 2. The van der Waals surface area contributed by atoms with Crippen molar-refractivity contribution in [3.8, 4) is 0 Å². The number of carbonyl (C=O) groups is 2. The number of carbonyl (C=O) groups excluding carboxylic acids is 2. The molecule has 0 bridgehead atoms. The number of ether oxygens (including phenoxy) is 3. The second-order valence-corrected chi connectivity index (χ2v) is 5.18. The Balaban J connectivity index is 1.83. The van der Waals surface area contributed by atoms with Crippen molar-refractivity contribution in [3.05, 3.63) is 12.2 Å². The fourth-order valence-corrected chi connectivity index (χ4v) is 1.67. The summed E-state index contributed by atoms with van der Waals surface area (Å²) in [6.07, 6.45) is 3.60. The number of nitrogens with zero attached hydrogens (tertiary/aromatic N) is 1. The van der Waals surface area contributed by atoms with Crippen LogP contribution in [0.5, 0.6) is 0 Å². The van der Waals surface area contributed by atoms with E-state index >= 15 is 0 Å².